The van der Waals surface area contributed by atoms with Crippen LogP contribution in [-0.4, -0.2) is 26.3 Å². The number of aromatic nitrogens is 4. The Morgan fingerprint density at radius 3 is 2.70 bits per heavy atom. The van der Waals surface area contributed by atoms with Crippen molar-refractivity contribution in [1.82, 2.24) is 19.7 Å². The van der Waals surface area contributed by atoms with Crippen molar-refractivity contribution in [3.05, 3.63) is 64.7 Å². The molecule has 0 unspecified atom stereocenters. The van der Waals surface area contributed by atoms with E-state index < -0.39 is 0 Å². The number of H-pyrrole nitrogens is 1. The van der Waals surface area contributed by atoms with E-state index in [1.54, 1.807) is 30.7 Å². The topological polar surface area (TPSA) is 89.6 Å². The monoisotopic (exact) mass is 313 g/mol. The van der Waals surface area contributed by atoms with Gasteiger partial charge in [0, 0.05) is 23.6 Å². The molecule has 0 aliphatic rings. The highest BCUT2D eigenvalue weighted by atomic mass is 19.1. The lowest BCUT2D eigenvalue weighted by molar-refractivity contribution is 0.627. The fraction of sp³-hybridized carbons (Fsp3) is 0.188. The SMILES string of the molecule is NCCCc1cn(-c2ccc(F)cc2)c(=O)c(-c2cn[nH]c2)n1. The van der Waals surface area contributed by atoms with Crippen LogP contribution in [0.1, 0.15) is 12.1 Å². The van der Waals surface area contributed by atoms with E-state index in [2.05, 4.69) is 15.2 Å². The van der Waals surface area contributed by atoms with Crippen LogP contribution >= 0.6 is 0 Å². The fourth-order valence-electron chi connectivity index (χ4n) is 2.31. The minimum Gasteiger partial charge on any atom is -0.330 e. The zero-order chi connectivity index (χ0) is 16.2. The molecule has 0 aliphatic heterocycles. The van der Waals surface area contributed by atoms with Crippen LogP contribution < -0.4 is 11.3 Å². The second kappa shape index (κ2) is 6.53. The van der Waals surface area contributed by atoms with Gasteiger partial charge in [-0.1, -0.05) is 0 Å². The van der Waals surface area contributed by atoms with Crippen molar-refractivity contribution in [3.8, 4) is 16.9 Å². The predicted molar refractivity (Wildman–Crippen MR) is 84.7 cm³/mol. The molecule has 3 N–H and O–H groups in total. The number of aromatic amines is 1. The summed E-state index contributed by atoms with van der Waals surface area (Å²) in [5, 5.41) is 6.54. The smallest absolute Gasteiger partial charge is 0.281 e. The molecule has 6 nitrogen and oxygen atoms in total. The van der Waals surface area contributed by atoms with Gasteiger partial charge in [-0.25, -0.2) is 9.37 Å². The van der Waals surface area contributed by atoms with Gasteiger partial charge < -0.3 is 5.73 Å². The highest BCUT2D eigenvalue weighted by Crippen LogP contribution is 2.14. The molecule has 0 saturated carbocycles. The van der Waals surface area contributed by atoms with E-state index in [-0.39, 0.29) is 11.4 Å². The Balaban J connectivity index is 2.15. The molecule has 0 fully saturated rings. The largest absolute Gasteiger partial charge is 0.330 e. The van der Waals surface area contributed by atoms with Crippen LogP contribution in [0.15, 0.2) is 47.7 Å². The van der Waals surface area contributed by atoms with E-state index in [1.165, 1.54) is 16.7 Å². The summed E-state index contributed by atoms with van der Waals surface area (Å²) in [4.78, 5) is 17.2. The number of nitrogens with one attached hydrogen (secondary N) is 1. The maximum Gasteiger partial charge on any atom is 0.281 e. The van der Waals surface area contributed by atoms with Crippen LogP contribution in [0.2, 0.25) is 0 Å². The molecule has 118 valence electrons. The first-order valence-electron chi connectivity index (χ1n) is 7.27. The Kier molecular flexibility index (Phi) is 4.29. The summed E-state index contributed by atoms with van der Waals surface area (Å²) in [6.07, 6.45) is 6.26. The zero-order valence-electron chi connectivity index (χ0n) is 12.4. The van der Waals surface area contributed by atoms with Crippen molar-refractivity contribution in [3.63, 3.8) is 0 Å². The first-order valence-corrected chi connectivity index (χ1v) is 7.27. The maximum absolute atomic E-state index is 13.1. The molecular formula is C16H16FN5O. The van der Waals surface area contributed by atoms with Crippen molar-refractivity contribution in [1.29, 1.82) is 0 Å². The number of rotatable bonds is 5. The van der Waals surface area contributed by atoms with Crippen molar-refractivity contribution in [2.24, 2.45) is 5.73 Å². The van der Waals surface area contributed by atoms with E-state index in [4.69, 9.17) is 5.73 Å². The molecule has 23 heavy (non-hydrogen) atoms. The van der Waals surface area contributed by atoms with E-state index in [1.807, 2.05) is 0 Å². The van der Waals surface area contributed by atoms with Gasteiger partial charge >= 0.3 is 0 Å². The van der Waals surface area contributed by atoms with Crippen LogP contribution in [-0.2, 0) is 6.42 Å². The number of nitrogens with two attached hydrogens (primary N) is 1. The minimum absolute atomic E-state index is 0.283. The number of aryl methyl sites for hydroxylation is 1. The second-order valence-electron chi connectivity index (χ2n) is 5.11. The summed E-state index contributed by atoms with van der Waals surface area (Å²) in [6.45, 7) is 0.540. The molecule has 3 aromatic rings. The molecule has 2 heterocycles. The Bertz CT molecular complexity index is 840. The molecule has 0 radical (unpaired) electrons. The number of benzene rings is 1. The molecule has 7 heteroatoms. The molecule has 0 bridgehead atoms. The Labute approximate surface area is 131 Å². The van der Waals surface area contributed by atoms with Crippen LogP contribution in [0.25, 0.3) is 16.9 Å². The maximum atomic E-state index is 13.1. The highest BCUT2D eigenvalue weighted by molar-refractivity contribution is 5.56. The predicted octanol–water partition coefficient (Wildman–Crippen LogP) is 1.65. The molecule has 3 rings (SSSR count). The summed E-state index contributed by atoms with van der Waals surface area (Å²) in [6, 6.07) is 5.75. The van der Waals surface area contributed by atoms with Crippen LogP contribution in [0.5, 0.6) is 0 Å². The van der Waals surface area contributed by atoms with E-state index in [0.717, 1.165) is 12.1 Å². The van der Waals surface area contributed by atoms with Gasteiger partial charge in [-0.2, -0.15) is 5.10 Å². The Morgan fingerprint density at radius 1 is 1.26 bits per heavy atom. The first kappa shape index (κ1) is 15.1. The fourth-order valence-corrected chi connectivity index (χ4v) is 2.31. The standard InChI is InChI=1S/C16H16FN5O/c17-12-3-5-14(6-4-12)22-10-13(2-1-7-18)21-15(16(22)23)11-8-19-20-9-11/h3-6,8-10H,1-2,7,18H2,(H,19,20). The third kappa shape index (κ3) is 3.19. The minimum atomic E-state index is -0.353. The summed E-state index contributed by atoms with van der Waals surface area (Å²) in [7, 11) is 0. The lowest BCUT2D eigenvalue weighted by Gasteiger charge is -2.10. The van der Waals surface area contributed by atoms with Gasteiger partial charge in [-0.3, -0.25) is 14.5 Å². The normalized spacial score (nSPS) is 10.9. The molecule has 0 aliphatic carbocycles. The number of hydrogen-bond acceptors (Lipinski definition) is 4. The molecule has 1 aromatic carbocycles. The highest BCUT2D eigenvalue weighted by Gasteiger charge is 2.13. The lowest BCUT2D eigenvalue weighted by Crippen LogP contribution is -2.22. The average molecular weight is 313 g/mol. The molecule has 2 aromatic heterocycles. The number of hydrogen-bond donors (Lipinski definition) is 2. The third-order valence-corrected chi connectivity index (χ3v) is 3.47. The molecule has 0 atom stereocenters. The van der Waals surface area contributed by atoms with E-state index in [9.17, 15) is 9.18 Å². The molecule has 0 spiro atoms. The van der Waals surface area contributed by atoms with Gasteiger partial charge in [0.15, 0.2) is 0 Å². The van der Waals surface area contributed by atoms with Gasteiger partial charge in [0.2, 0.25) is 0 Å². The number of nitrogens with zero attached hydrogens (tertiary/aromatic N) is 3. The van der Waals surface area contributed by atoms with Crippen molar-refractivity contribution >= 4 is 0 Å². The van der Waals surface area contributed by atoms with E-state index >= 15 is 0 Å². The number of halogens is 1. The van der Waals surface area contributed by atoms with Crippen LogP contribution in [0.3, 0.4) is 0 Å². The summed E-state index contributed by atoms with van der Waals surface area (Å²) in [5.74, 6) is -0.353. The third-order valence-electron chi connectivity index (χ3n) is 3.47. The average Bonchev–Trinajstić information content (AvgIpc) is 3.09. The van der Waals surface area contributed by atoms with Gasteiger partial charge in [-0.05, 0) is 43.7 Å². The molecular weight excluding hydrogens is 297 g/mol. The van der Waals surface area contributed by atoms with Gasteiger partial charge in [0.1, 0.15) is 11.5 Å². The summed E-state index contributed by atoms with van der Waals surface area (Å²) in [5.41, 5.74) is 7.51. The quantitative estimate of drug-likeness (QED) is 0.749. The molecule has 0 saturated heterocycles. The van der Waals surface area contributed by atoms with Crippen molar-refractivity contribution in [2.45, 2.75) is 12.8 Å². The van der Waals surface area contributed by atoms with E-state index in [0.29, 0.717) is 29.9 Å². The van der Waals surface area contributed by atoms with Gasteiger partial charge in [0.25, 0.3) is 5.56 Å². The lowest BCUT2D eigenvalue weighted by atomic mass is 10.2. The Morgan fingerprint density at radius 2 is 2.04 bits per heavy atom. The first-order chi connectivity index (χ1) is 11.2. The van der Waals surface area contributed by atoms with Crippen LogP contribution in [0.4, 0.5) is 4.39 Å². The van der Waals surface area contributed by atoms with Gasteiger partial charge in [-0.15, -0.1) is 0 Å². The second-order valence-corrected chi connectivity index (χ2v) is 5.11. The zero-order valence-corrected chi connectivity index (χ0v) is 12.4. The summed E-state index contributed by atoms with van der Waals surface area (Å²) < 4.78 is 14.6. The van der Waals surface area contributed by atoms with Crippen molar-refractivity contribution in [2.75, 3.05) is 6.54 Å². The van der Waals surface area contributed by atoms with Gasteiger partial charge in [0.05, 0.1) is 11.9 Å². The van der Waals surface area contributed by atoms with Crippen molar-refractivity contribution < 1.29 is 4.39 Å². The van der Waals surface area contributed by atoms with Crippen LogP contribution in [0, 0.1) is 5.82 Å². The summed E-state index contributed by atoms with van der Waals surface area (Å²) >= 11 is 0. The Hall–Kier alpha value is -2.80. The molecule has 0 amide bonds.